The minimum atomic E-state index is -1.91. The maximum Gasteiger partial charge on any atom is 0.326 e. The summed E-state index contributed by atoms with van der Waals surface area (Å²) in [7, 11) is 0. The van der Waals surface area contributed by atoms with E-state index < -0.39 is 164 Å². The summed E-state index contributed by atoms with van der Waals surface area (Å²) in [6, 6.07) is -12.8. The van der Waals surface area contributed by atoms with Crippen molar-refractivity contribution in [3.05, 3.63) is 0 Å². The highest BCUT2D eigenvalue weighted by Crippen LogP contribution is 2.12. The van der Waals surface area contributed by atoms with Crippen molar-refractivity contribution in [2.24, 2.45) is 39.8 Å². The zero-order valence-corrected chi connectivity index (χ0v) is 37.2. The van der Waals surface area contributed by atoms with Crippen molar-refractivity contribution < 1.29 is 78.3 Å². The molecule has 0 aromatic rings. The predicted octanol–water partition coefficient (Wildman–Crippen LogP) is -8.62. The average molecular weight is 948 g/mol. The Labute approximate surface area is 378 Å². The van der Waals surface area contributed by atoms with Crippen LogP contribution in [-0.4, -0.2) is 177 Å². The molecule has 0 spiro atoms. The van der Waals surface area contributed by atoms with Gasteiger partial charge in [0.2, 0.25) is 53.2 Å². The smallest absolute Gasteiger partial charge is 0.326 e. The van der Waals surface area contributed by atoms with E-state index in [-0.39, 0.29) is 31.8 Å². The Bertz CT molecular complexity index is 1760. The van der Waals surface area contributed by atoms with E-state index in [0.29, 0.717) is 0 Å². The van der Waals surface area contributed by atoms with Crippen LogP contribution >= 0.6 is 0 Å². The fraction of sp³-hybridized carbons (Fsp3) is 0.676. The Balaban J connectivity index is 6.16. The molecule has 0 aliphatic carbocycles. The van der Waals surface area contributed by atoms with Gasteiger partial charge in [0.05, 0.1) is 44.7 Å². The van der Waals surface area contributed by atoms with Crippen LogP contribution in [0.15, 0.2) is 4.99 Å². The molecule has 0 rings (SSSR count). The number of carboxylic acid groups (broad SMARTS) is 2. The normalized spacial score (nSPS) is 15.5. The Morgan fingerprint density at radius 2 is 1.08 bits per heavy atom. The molecule has 29 heteroatoms. The number of guanidine groups is 1. The molecule has 0 aliphatic heterocycles. The maximum absolute atomic E-state index is 13.8. The number of aliphatic imine (C=N–C) groups is 1. The molecule has 0 radical (unpaired) electrons. The van der Waals surface area contributed by atoms with Crippen LogP contribution in [0.25, 0.3) is 0 Å². The van der Waals surface area contributed by atoms with Gasteiger partial charge in [-0.05, 0) is 31.6 Å². The number of carboxylic acids is 2. The van der Waals surface area contributed by atoms with E-state index in [0.717, 1.165) is 6.92 Å². The number of nitrogens with two attached hydrogens (primary N) is 4. The van der Waals surface area contributed by atoms with Crippen molar-refractivity contribution in [2.75, 3.05) is 26.3 Å². The molecule has 29 nitrogen and oxygen atoms in total. The van der Waals surface area contributed by atoms with Gasteiger partial charge in [0.25, 0.3) is 0 Å². The third kappa shape index (κ3) is 21.8. The first-order chi connectivity index (χ1) is 30.7. The summed E-state index contributed by atoms with van der Waals surface area (Å²) in [5.41, 5.74) is 21.3. The summed E-state index contributed by atoms with van der Waals surface area (Å²) in [6.45, 7) is 4.53. The third-order valence-electron chi connectivity index (χ3n) is 9.51. The topological polar surface area (TPSA) is 502 Å². The summed E-state index contributed by atoms with van der Waals surface area (Å²) >= 11 is 0. The number of nitrogens with zero attached hydrogens (tertiary/aromatic N) is 1. The van der Waals surface area contributed by atoms with Crippen LogP contribution in [0.4, 0.5) is 0 Å². The molecule has 0 heterocycles. The molecule has 0 fully saturated rings. The lowest BCUT2D eigenvalue weighted by atomic mass is 9.95. The van der Waals surface area contributed by atoms with Crippen molar-refractivity contribution in [1.82, 2.24) is 42.5 Å². The van der Waals surface area contributed by atoms with Crippen LogP contribution in [0.3, 0.4) is 0 Å². The largest absolute Gasteiger partial charge is 0.481 e. The molecule has 9 amide bonds. The fourth-order valence-corrected chi connectivity index (χ4v) is 5.58. The Hall–Kier alpha value is -6.72. The van der Waals surface area contributed by atoms with E-state index in [1.807, 2.05) is 5.32 Å². The number of aliphatic hydroxyl groups is 3. The number of carbonyl (C=O) groups is 11. The molecule has 374 valence electrons. The van der Waals surface area contributed by atoms with Crippen molar-refractivity contribution in [2.45, 2.75) is 121 Å². The Morgan fingerprint density at radius 1 is 0.591 bits per heavy atom. The van der Waals surface area contributed by atoms with Crippen molar-refractivity contribution in [1.29, 1.82) is 0 Å². The molecular formula is C37H65N13O16. The van der Waals surface area contributed by atoms with Crippen LogP contribution in [-0.2, 0) is 52.7 Å². The van der Waals surface area contributed by atoms with E-state index in [4.69, 9.17) is 28.0 Å². The first kappa shape index (κ1) is 59.3. The van der Waals surface area contributed by atoms with E-state index in [2.05, 4.69) is 42.2 Å². The standard InChI is InChI=1S/C37H65N13O16/c1-6-16(4)27(34(63)48-26(15(2)3)33(62)50-28(17(5)53)35(64)45-20(36(65)66)11-25(56)57)49-31(60)19(8-7-9-42-37(40)41)44-24(55)12-43-30(59)21(13-51)47-32(61)22(14-52)46-29(58)18(38)10-23(39)54/h15-22,26-28,51-53H,6-14,38H2,1-5H3,(H2,39,54)(H,43,59)(H,44,55)(H,45,64)(H,46,58)(H,47,61)(H,48,63)(H,49,60)(H,50,62)(H,56,57)(H,65,66)(H4,40,41,42)/t16-,17+,18-,19-,20-,21-,22-,26-,27-,28-/m0/s1. The van der Waals surface area contributed by atoms with E-state index in [1.54, 1.807) is 13.8 Å². The molecule has 0 unspecified atom stereocenters. The number of amides is 9. The molecule has 66 heavy (non-hydrogen) atoms. The second-order valence-electron chi connectivity index (χ2n) is 15.4. The fourth-order valence-electron chi connectivity index (χ4n) is 5.58. The van der Waals surface area contributed by atoms with Crippen molar-refractivity contribution >= 4 is 71.1 Å². The van der Waals surface area contributed by atoms with Gasteiger partial charge < -0.3 is 91.0 Å². The lowest BCUT2D eigenvalue weighted by Crippen LogP contribution is -2.62. The summed E-state index contributed by atoms with van der Waals surface area (Å²) < 4.78 is 0. The number of primary amides is 1. The van der Waals surface area contributed by atoms with Crippen molar-refractivity contribution in [3.63, 3.8) is 0 Å². The Morgan fingerprint density at radius 3 is 1.56 bits per heavy atom. The molecule has 0 saturated carbocycles. The predicted molar refractivity (Wildman–Crippen MR) is 228 cm³/mol. The number of rotatable bonds is 31. The number of nitrogens with one attached hydrogen (secondary N) is 8. The minimum absolute atomic E-state index is 0.00851. The van der Waals surface area contributed by atoms with Gasteiger partial charge in [-0.15, -0.1) is 0 Å². The van der Waals surface area contributed by atoms with E-state index in [9.17, 15) is 73.2 Å². The van der Waals surface area contributed by atoms with Gasteiger partial charge in [-0.2, -0.15) is 0 Å². The monoisotopic (exact) mass is 947 g/mol. The molecular weight excluding hydrogens is 882 g/mol. The second-order valence-corrected chi connectivity index (χ2v) is 15.4. The quantitative estimate of drug-likeness (QED) is 0.0174. The zero-order chi connectivity index (χ0) is 51.0. The maximum atomic E-state index is 13.8. The molecule has 0 aromatic carbocycles. The van der Waals surface area contributed by atoms with Crippen LogP contribution < -0.4 is 65.5 Å². The highest BCUT2D eigenvalue weighted by atomic mass is 16.4. The van der Waals surface area contributed by atoms with Crippen molar-refractivity contribution in [3.8, 4) is 0 Å². The molecule has 0 saturated heterocycles. The van der Waals surface area contributed by atoms with Gasteiger partial charge in [0.1, 0.15) is 42.3 Å². The van der Waals surface area contributed by atoms with Crippen LogP contribution in [0.5, 0.6) is 0 Å². The third-order valence-corrected chi connectivity index (χ3v) is 9.51. The van der Waals surface area contributed by atoms with Gasteiger partial charge in [0.15, 0.2) is 5.96 Å². The molecule has 0 aliphatic rings. The number of aliphatic carboxylic acids is 2. The summed E-state index contributed by atoms with van der Waals surface area (Å²) in [4.78, 5) is 142. The number of hydrogen-bond acceptors (Lipinski definition) is 16. The lowest BCUT2D eigenvalue weighted by molar-refractivity contribution is -0.148. The minimum Gasteiger partial charge on any atom is -0.481 e. The zero-order valence-electron chi connectivity index (χ0n) is 37.2. The van der Waals surface area contributed by atoms with E-state index >= 15 is 0 Å². The summed E-state index contributed by atoms with van der Waals surface area (Å²) in [5, 5.41) is 65.9. The van der Waals surface area contributed by atoms with Gasteiger partial charge in [-0.3, -0.25) is 52.9 Å². The van der Waals surface area contributed by atoms with E-state index in [1.165, 1.54) is 13.8 Å². The average Bonchev–Trinajstić information content (AvgIpc) is 3.22. The lowest BCUT2D eigenvalue weighted by Gasteiger charge is -2.30. The second kappa shape index (κ2) is 29.7. The van der Waals surface area contributed by atoms with Gasteiger partial charge in [0, 0.05) is 6.54 Å². The first-order valence-corrected chi connectivity index (χ1v) is 20.5. The molecule has 0 aromatic heterocycles. The molecule has 0 bridgehead atoms. The van der Waals surface area contributed by atoms with Gasteiger partial charge in [-0.25, -0.2) is 4.79 Å². The summed E-state index contributed by atoms with van der Waals surface area (Å²) in [6.07, 6.45) is -3.00. The molecule has 21 N–H and O–H groups in total. The number of aliphatic hydroxyl groups excluding tert-OH is 3. The number of hydrogen-bond donors (Lipinski definition) is 17. The molecule has 10 atom stereocenters. The first-order valence-electron chi connectivity index (χ1n) is 20.5. The van der Waals surface area contributed by atoms with Gasteiger partial charge >= 0.3 is 11.9 Å². The van der Waals surface area contributed by atoms with Crippen LogP contribution in [0.1, 0.15) is 66.7 Å². The summed E-state index contributed by atoms with van der Waals surface area (Å²) in [5.74, 6) is -14.2. The van der Waals surface area contributed by atoms with Crippen LogP contribution in [0.2, 0.25) is 0 Å². The number of carbonyl (C=O) groups excluding carboxylic acids is 9. The highest BCUT2D eigenvalue weighted by Gasteiger charge is 2.37. The van der Waals surface area contributed by atoms with Crippen LogP contribution in [0, 0.1) is 11.8 Å². The SMILES string of the molecule is CC[C@H](C)[C@H](NC(=O)[C@H](CCCN=C(N)N)NC(=O)CNC(=O)[C@H](CO)NC(=O)[C@H](CO)NC(=O)[C@@H](N)CC(N)=O)C(=O)N[C@H](C(=O)N[C@H](C(=O)N[C@@H](CC(=O)O)C(=O)O)[C@@H](C)O)C(C)C. The highest BCUT2D eigenvalue weighted by molar-refractivity contribution is 5.98. The Kier molecular flexibility index (Phi) is 26.6. The van der Waals surface area contributed by atoms with Gasteiger partial charge in [-0.1, -0.05) is 34.1 Å².